The minimum Gasteiger partial charge on any atom is -0.361 e. The van der Waals surface area contributed by atoms with Gasteiger partial charge in [-0.2, -0.15) is 0 Å². The van der Waals surface area contributed by atoms with Crippen molar-refractivity contribution in [2.45, 2.75) is 10.8 Å². The molecule has 0 spiro atoms. The Morgan fingerprint density at radius 2 is 1.71 bits per heavy atom. The van der Waals surface area contributed by atoms with Crippen molar-refractivity contribution in [1.82, 2.24) is 15.0 Å². The van der Waals surface area contributed by atoms with Crippen LogP contribution < -0.4 is 10.0 Å². The summed E-state index contributed by atoms with van der Waals surface area (Å²) in [4.78, 5) is 16.2. The van der Waals surface area contributed by atoms with Crippen molar-refractivity contribution in [3.05, 3.63) is 102 Å². The summed E-state index contributed by atoms with van der Waals surface area (Å²) in [6.45, 7) is 0.369. The molecule has 0 fully saturated rings. The zero-order valence-electron chi connectivity index (χ0n) is 17.0. The highest BCUT2D eigenvalue weighted by molar-refractivity contribution is 7.89. The van der Waals surface area contributed by atoms with Crippen LogP contribution in [0.25, 0.3) is 10.9 Å². The molecule has 158 valence electrons. The zero-order valence-corrected chi connectivity index (χ0v) is 17.8. The number of benzene rings is 3. The van der Waals surface area contributed by atoms with Crippen molar-refractivity contribution in [3.8, 4) is 0 Å². The molecule has 0 bridgehead atoms. The van der Waals surface area contributed by atoms with E-state index < -0.39 is 10.0 Å². The number of carbonyl (C=O) groups is 1. The van der Waals surface area contributed by atoms with Crippen molar-refractivity contribution in [2.75, 3.05) is 13.6 Å². The fourth-order valence-corrected chi connectivity index (χ4v) is 4.47. The number of aromatic nitrogens is 1. The molecule has 1 amide bonds. The van der Waals surface area contributed by atoms with Gasteiger partial charge >= 0.3 is 0 Å². The second-order valence-corrected chi connectivity index (χ2v) is 9.08. The molecule has 0 aliphatic carbocycles. The van der Waals surface area contributed by atoms with E-state index in [1.165, 1.54) is 19.2 Å². The zero-order chi connectivity index (χ0) is 21.8. The minimum atomic E-state index is -3.62. The molecule has 3 aromatic carbocycles. The fourth-order valence-electron chi connectivity index (χ4n) is 3.69. The Morgan fingerprint density at radius 1 is 0.968 bits per heavy atom. The Labute approximate surface area is 181 Å². The van der Waals surface area contributed by atoms with Crippen LogP contribution in [-0.4, -0.2) is 32.9 Å². The molecular formula is C24H23N3O3S. The molecule has 0 aliphatic heterocycles. The third-order valence-corrected chi connectivity index (χ3v) is 6.75. The van der Waals surface area contributed by atoms with Crippen molar-refractivity contribution >= 4 is 26.8 Å². The van der Waals surface area contributed by atoms with E-state index in [-0.39, 0.29) is 16.7 Å². The van der Waals surface area contributed by atoms with Crippen molar-refractivity contribution in [2.24, 2.45) is 0 Å². The number of aromatic amines is 1. The predicted octanol–water partition coefficient (Wildman–Crippen LogP) is 3.64. The van der Waals surface area contributed by atoms with Crippen LogP contribution in [0.2, 0.25) is 0 Å². The van der Waals surface area contributed by atoms with Crippen LogP contribution in [0.4, 0.5) is 0 Å². The van der Waals surface area contributed by atoms with Gasteiger partial charge in [0.1, 0.15) is 0 Å². The molecule has 6 nitrogen and oxygen atoms in total. The summed E-state index contributed by atoms with van der Waals surface area (Å²) in [6.07, 6.45) is 1.98. The first-order chi connectivity index (χ1) is 15.0. The molecular weight excluding hydrogens is 410 g/mol. The maximum atomic E-state index is 12.8. The van der Waals surface area contributed by atoms with E-state index in [2.05, 4.69) is 21.1 Å². The third-order valence-electron chi connectivity index (χ3n) is 5.34. The van der Waals surface area contributed by atoms with Gasteiger partial charge in [-0.25, -0.2) is 13.1 Å². The van der Waals surface area contributed by atoms with Crippen molar-refractivity contribution in [1.29, 1.82) is 0 Å². The van der Waals surface area contributed by atoms with Crippen LogP contribution in [0.15, 0.2) is 90.0 Å². The lowest BCUT2D eigenvalue weighted by atomic mass is 9.91. The molecule has 0 aliphatic rings. The van der Waals surface area contributed by atoms with Gasteiger partial charge in [-0.1, -0.05) is 54.6 Å². The highest BCUT2D eigenvalue weighted by Crippen LogP contribution is 2.30. The normalized spacial score (nSPS) is 12.5. The molecule has 4 rings (SSSR count). The van der Waals surface area contributed by atoms with E-state index in [0.29, 0.717) is 12.1 Å². The third kappa shape index (κ3) is 4.38. The first-order valence-corrected chi connectivity index (χ1v) is 11.4. The predicted molar refractivity (Wildman–Crippen MR) is 122 cm³/mol. The lowest BCUT2D eigenvalue weighted by Crippen LogP contribution is -2.29. The number of H-pyrrole nitrogens is 1. The lowest BCUT2D eigenvalue weighted by Gasteiger charge is -2.18. The maximum absolute atomic E-state index is 12.8. The molecule has 0 saturated carbocycles. The number of para-hydroxylation sites is 1. The van der Waals surface area contributed by atoms with Crippen molar-refractivity contribution < 1.29 is 13.2 Å². The van der Waals surface area contributed by atoms with Crippen LogP contribution in [0, 0.1) is 0 Å². The number of sulfonamides is 1. The summed E-state index contributed by atoms with van der Waals surface area (Å²) >= 11 is 0. The highest BCUT2D eigenvalue weighted by atomic mass is 32.2. The van der Waals surface area contributed by atoms with Gasteiger partial charge in [-0.15, -0.1) is 0 Å². The number of nitrogens with one attached hydrogen (secondary N) is 3. The summed E-state index contributed by atoms with van der Waals surface area (Å²) in [5, 5.41) is 4.08. The summed E-state index contributed by atoms with van der Waals surface area (Å²) in [5.74, 6) is -0.389. The van der Waals surface area contributed by atoms with Gasteiger partial charge in [0.05, 0.1) is 4.90 Å². The molecule has 7 heteroatoms. The number of carbonyl (C=O) groups excluding carboxylic acids is 1. The van der Waals surface area contributed by atoms with E-state index in [1.807, 2.05) is 54.7 Å². The first kappa shape index (κ1) is 20.8. The minimum absolute atomic E-state index is 0.0545. The van der Waals surface area contributed by atoms with Crippen LogP contribution >= 0.6 is 0 Å². The smallest absolute Gasteiger partial charge is 0.251 e. The Hall–Kier alpha value is -3.42. The molecule has 1 heterocycles. The maximum Gasteiger partial charge on any atom is 0.251 e. The van der Waals surface area contributed by atoms with E-state index >= 15 is 0 Å². The topological polar surface area (TPSA) is 91.1 Å². The Kier molecular flexibility index (Phi) is 5.88. The number of fused-ring (bicyclic) bond motifs is 1. The number of hydrogen-bond donors (Lipinski definition) is 3. The van der Waals surface area contributed by atoms with Gasteiger partial charge in [0.15, 0.2) is 0 Å². The Bertz CT molecular complexity index is 1310. The largest absolute Gasteiger partial charge is 0.361 e. The monoisotopic (exact) mass is 433 g/mol. The number of amides is 1. The van der Waals surface area contributed by atoms with Gasteiger partial charge < -0.3 is 10.3 Å². The number of hydrogen-bond acceptors (Lipinski definition) is 3. The average molecular weight is 434 g/mol. The molecule has 0 saturated heterocycles. The molecule has 1 unspecified atom stereocenters. The number of rotatable bonds is 7. The van der Waals surface area contributed by atoms with Crippen LogP contribution in [0.3, 0.4) is 0 Å². The van der Waals surface area contributed by atoms with Crippen LogP contribution in [0.5, 0.6) is 0 Å². The highest BCUT2D eigenvalue weighted by Gasteiger charge is 2.20. The molecule has 3 N–H and O–H groups in total. The van der Waals surface area contributed by atoms with Gasteiger partial charge in [0.25, 0.3) is 5.91 Å². The first-order valence-electron chi connectivity index (χ1n) is 9.92. The average Bonchev–Trinajstić information content (AvgIpc) is 3.24. The quantitative estimate of drug-likeness (QED) is 0.416. The van der Waals surface area contributed by atoms with Crippen LogP contribution in [-0.2, 0) is 10.0 Å². The van der Waals surface area contributed by atoms with Gasteiger partial charge in [0.2, 0.25) is 10.0 Å². The summed E-state index contributed by atoms with van der Waals surface area (Å²) < 4.78 is 26.4. The molecule has 4 aromatic rings. The standard InChI is InChI=1S/C24H23N3O3S/c1-25-31(29,30)19-11-7-10-18(14-19)24(28)27-15-21(17-8-3-2-4-9-17)22-16-26-23-13-6-5-12-20(22)23/h2-14,16,21,25-26H,15H2,1H3,(H,27,28). The van der Waals surface area contributed by atoms with Gasteiger partial charge in [-0.05, 0) is 42.4 Å². The van der Waals surface area contributed by atoms with Gasteiger partial charge in [-0.3, -0.25) is 4.79 Å². The van der Waals surface area contributed by atoms with Crippen molar-refractivity contribution in [3.63, 3.8) is 0 Å². The SMILES string of the molecule is CNS(=O)(=O)c1cccc(C(=O)NCC(c2ccccc2)c2c[nH]c3ccccc23)c1. The second kappa shape index (κ2) is 8.75. The molecule has 1 aromatic heterocycles. The van der Waals surface area contributed by atoms with Gasteiger partial charge in [0, 0.05) is 35.1 Å². The lowest BCUT2D eigenvalue weighted by molar-refractivity contribution is 0.0952. The van der Waals surface area contributed by atoms with Crippen LogP contribution in [0.1, 0.15) is 27.4 Å². The summed E-state index contributed by atoms with van der Waals surface area (Å²) in [6, 6.07) is 24.1. The fraction of sp³-hybridized carbons (Fsp3) is 0.125. The molecule has 0 radical (unpaired) electrons. The molecule has 1 atom stereocenters. The van der Waals surface area contributed by atoms with E-state index in [9.17, 15) is 13.2 Å². The van der Waals surface area contributed by atoms with E-state index in [0.717, 1.165) is 22.0 Å². The summed E-state index contributed by atoms with van der Waals surface area (Å²) in [5.41, 5.74) is 3.50. The Balaban J connectivity index is 1.62. The van der Waals surface area contributed by atoms with E-state index in [1.54, 1.807) is 12.1 Å². The second-order valence-electron chi connectivity index (χ2n) is 7.20. The Morgan fingerprint density at radius 3 is 2.48 bits per heavy atom. The summed E-state index contributed by atoms with van der Waals surface area (Å²) in [7, 11) is -2.28. The van der Waals surface area contributed by atoms with E-state index in [4.69, 9.17) is 0 Å². The molecule has 31 heavy (non-hydrogen) atoms.